The molecular weight excluding hydrogens is 695 g/mol. The Morgan fingerprint density at radius 1 is 0.648 bits per heavy atom. The Labute approximate surface area is 333 Å². The molecule has 0 rings (SSSR count). The number of quaternary nitrogens is 1. The van der Waals surface area contributed by atoms with Crippen LogP contribution in [-0.4, -0.2) is 68.5 Å². The minimum absolute atomic E-state index is 0.00980. The van der Waals surface area contributed by atoms with Gasteiger partial charge in [-0.15, -0.1) is 0 Å². The number of carbonyl (C=O) groups excluding carboxylic acids is 1. The summed E-state index contributed by atoms with van der Waals surface area (Å²) in [5, 5.41) is 13.7. The Kier molecular flexibility index (Phi) is 36.0. The van der Waals surface area contributed by atoms with Gasteiger partial charge in [-0.2, -0.15) is 0 Å². The van der Waals surface area contributed by atoms with Crippen molar-refractivity contribution < 1.29 is 32.9 Å². The van der Waals surface area contributed by atoms with Crippen molar-refractivity contribution in [1.82, 2.24) is 5.32 Å². The molecule has 0 fully saturated rings. The molecule has 0 aromatic heterocycles. The zero-order valence-electron chi connectivity index (χ0n) is 35.7. The SMILES string of the molecule is CCCCC/C=C/CC/C=C/C(O)C(COP(=O)([O-])OCC[N+](C)(C)C)NC(=O)CCCCCCCCC/C=C\C/C=C\CCCCCCCCCCC. The molecule has 9 heteroatoms. The zero-order chi connectivity index (χ0) is 40.0. The zero-order valence-corrected chi connectivity index (χ0v) is 36.6. The molecule has 0 aromatic rings. The van der Waals surface area contributed by atoms with Gasteiger partial charge in [0.1, 0.15) is 13.2 Å². The van der Waals surface area contributed by atoms with Crippen LogP contribution in [0.4, 0.5) is 0 Å². The van der Waals surface area contributed by atoms with Crippen LogP contribution in [0.5, 0.6) is 0 Å². The maximum atomic E-state index is 12.8. The lowest BCUT2D eigenvalue weighted by molar-refractivity contribution is -0.870. The Bertz CT molecular complexity index is 1020. The summed E-state index contributed by atoms with van der Waals surface area (Å²) in [5.41, 5.74) is 0. The first-order valence-electron chi connectivity index (χ1n) is 22.0. The molecule has 54 heavy (non-hydrogen) atoms. The Balaban J connectivity index is 4.28. The van der Waals surface area contributed by atoms with Gasteiger partial charge in [0.05, 0.1) is 39.9 Å². The molecule has 2 N–H and O–H groups in total. The van der Waals surface area contributed by atoms with Crippen LogP contribution in [0, 0.1) is 0 Å². The van der Waals surface area contributed by atoms with Crippen molar-refractivity contribution >= 4 is 13.7 Å². The van der Waals surface area contributed by atoms with Crippen molar-refractivity contribution in [3.63, 3.8) is 0 Å². The molecule has 316 valence electrons. The van der Waals surface area contributed by atoms with Gasteiger partial charge >= 0.3 is 0 Å². The van der Waals surface area contributed by atoms with Crippen molar-refractivity contribution in [1.29, 1.82) is 0 Å². The number of rotatable bonds is 39. The van der Waals surface area contributed by atoms with Crippen molar-refractivity contribution in [3.05, 3.63) is 48.6 Å². The Morgan fingerprint density at radius 2 is 1.09 bits per heavy atom. The van der Waals surface area contributed by atoms with Gasteiger partial charge in [-0.3, -0.25) is 9.36 Å². The van der Waals surface area contributed by atoms with Crippen LogP contribution in [-0.2, 0) is 18.4 Å². The molecule has 3 unspecified atom stereocenters. The molecule has 1 amide bonds. The van der Waals surface area contributed by atoms with Gasteiger partial charge in [-0.1, -0.05) is 159 Å². The predicted octanol–water partition coefficient (Wildman–Crippen LogP) is 11.4. The summed E-state index contributed by atoms with van der Waals surface area (Å²) in [5.74, 6) is -0.220. The first-order valence-corrected chi connectivity index (χ1v) is 23.5. The van der Waals surface area contributed by atoms with E-state index in [9.17, 15) is 19.4 Å². The smallest absolute Gasteiger partial charge is 0.268 e. The summed E-state index contributed by atoms with van der Waals surface area (Å²) in [7, 11) is 1.23. The van der Waals surface area contributed by atoms with Crippen LogP contribution in [0.15, 0.2) is 48.6 Å². The minimum atomic E-state index is -4.59. The second-order valence-corrected chi connectivity index (χ2v) is 17.4. The van der Waals surface area contributed by atoms with Crippen LogP contribution >= 0.6 is 7.82 Å². The maximum Gasteiger partial charge on any atom is 0.268 e. The number of allylic oxidation sites excluding steroid dienone is 7. The number of aliphatic hydroxyl groups excluding tert-OH is 1. The largest absolute Gasteiger partial charge is 0.756 e. The maximum absolute atomic E-state index is 12.8. The molecule has 0 saturated heterocycles. The van der Waals surface area contributed by atoms with Gasteiger partial charge in [0.2, 0.25) is 5.91 Å². The number of nitrogens with zero attached hydrogens (tertiary/aromatic N) is 1. The number of carbonyl (C=O) groups is 1. The molecule has 0 aliphatic heterocycles. The molecule has 0 aromatic carbocycles. The number of hydrogen-bond acceptors (Lipinski definition) is 6. The van der Waals surface area contributed by atoms with E-state index in [-0.39, 0.29) is 12.5 Å². The number of nitrogens with one attached hydrogen (secondary N) is 1. The van der Waals surface area contributed by atoms with Gasteiger partial charge in [0.15, 0.2) is 0 Å². The molecule has 0 heterocycles. The number of unbranched alkanes of at least 4 members (excludes halogenated alkanes) is 20. The topological polar surface area (TPSA) is 108 Å². The lowest BCUT2D eigenvalue weighted by Crippen LogP contribution is -2.45. The fraction of sp³-hybridized carbons (Fsp3) is 0.800. The van der Waals surface area contributed by atoms with Crippen molar-refractivity contribution in [2.24, 2.45) is 0 Å². The molecule has 8 nitrogen and oxygen atoms in total. The molecule has 3 atom stereocenters. The minimum Gasteiger partial charge on any atom is -0.756 e. The van der Waals surface area contributed by atoms with E-state index in [4.69, 9.17) is 9.05 Å². The van der Waals surface area contributed by atoms with Gasteiger partial charge in [0, 0.05) is 6.42 Å². The third kappa shape index (κ3) is 38.7. The van der Waals surface area contributed by atoms with E-state index < -0.39 is 26.6 Å². The highest BCUT2D eigenvalue weighted by atomic mass is 31.2. The summed E-state index contributed by atoms with van der Waals surface area (Å²) in [6.45, 7) is 4.55. The predicted molar refractivity (Wildman–Crippen MR) is 228 cm³/mol. The first kappa shape index (κ1) is 52.5. The molecule has 0 aliphatic carbocycles. The number of phosphoric acid groups is 1. The van der Waals surface area contributed by atoms with E-state index in [2.05, 4.69) is 55.6 Å². The fourth-order valence-corrected chi connectivity index (χ4v) is 6.68. The molecule has 0 saturated carbocycles. The number of aliphatic hydroxyl groups is 1. The molecular formula is C45H85N2O6P. The van der Waals surface area contributed by atoms with Gasteiger partial charge in [-0.25, -0.2) is 0 Å². The monoisotopic (exact) mass is 781 g/mol. The number of hydrogen-bond donors (Lipinski definition) is 2. The molecule has 0 aliphatic rings. The third-order valence-corrected chi connectivity index (χ3v) is 10.5. The van der Waals surface area contributed by atoms with E-state index in [1.807, 2.05) is 27.2 Å². The Hall–Kier alpha value is -1.54. The van der Waals surface area contributed by atoms with Crippen LogP contribution in [0.1, 0.15) is 181 Å². The van der Waals surface area contributed by atoms with E-state index in [1.165, 1.54) is 103 Å². The van der Waals surface area contributed by atoms with Crippen molar-refractivity contribution in [2.45, 2.75) is 193 Å². The highest BCUT2D eigenvalue weighted by molar-refractivity contribution is 7.45. The highest BCUT2D eigenvalue weighted by Gasteiger charge is 2.23. The summed E-state index contributed by atoms with van der Waals surface area (Å²) < 4.78 is 23.1. The first-order chi connectivity index (χ1) is 26.0. The number of likely N-dealkylation sites (N-methyl/N-ethyl adjacent to an activating group) is 1. The van der Waals surface area contributed by atoms with E-state index in [1.54, 1.807) is 6.08 Å². The third-order valence-electron chi connectivity index (χ3n) is 9.51. The summed E-state index contributed by atoms with van der Waals surface area (Å²) >= 11 is 0. The summed E-state index contributed by atoms with van der Waals surface area (Å²) in [4.78, 5) is 25.2. The van der Waals surface area contributed by atoms with Crippen molar-refractivity contribution in [2.75, 3.05) is 40.9 Å². The van der Waals surface area contributed by atoms with Crippen LogP contribution in [0.2, 0.25) is 0 Å². The lowest BCUT2D eigenvalue weighted by atomic mass is 10.1. The summed E-state index contributed by atoms with van der Waals surface area (Å²) in [6, 6.07) is -0.905. The van der Waals surface area contributed by atoms with Crippen LogP contribution in [0.25, 0.3) is 0 Å². The van der Waals surface area contributed by atoms with Gasteiger partial charge < -0.3 is 28.8 Å². The average Bonchev–Trinajstić information content (AvgIpc) is 3.12. The van der Waals surface area contributed by atoms with Crippen LogP contribution < -0.4 is 10.2 Å². The van der Waals surface area contributed by atoms with Gasteiger partial charge in [0.25, 0.3) is 7.82 Å². The average molecular weight is 781 g/mol. The quantitative estimate of drug-likeness (QED) is 0.0278. The Morgan fingerprint density at radius 3 is 1.65 bits per heavy atom. The summed E-state index contributed by atoms with van der Waals surface area (Å²) in [6.07, 6.45) is 46.1. The van der Waals surface area contributed by atoms with E-state index in [0.717, 1.165) is 57.8 Å². The molecule has 0 bridgehead atoms. The van der Waals surface area contributed by atoms with E-state index >= 15 is 0 Å². The molecule has 0 radical (unpaired) electrons. The number of phosphoric ester groups is 1. The van der Waals surface area contributed by atoms with Crippen molar-refractivity contribution in [3.8, 4) is 0 Å². The second kappa shape index (κ2) is 37.1. The molecule has 0 spiro atoms. The van der Waals surface area contributed by atoms with E-state index in [0.29, 0.717) is 17.4 Å². The van der Waals surface area contributed by atoms with Gasteiger partial charge in [-0.05, 0) is 64.2 Å². The fourth-order valence-electron chi connectivity index (χ4n) is 5.96. The second-order valence-electron chi connectivity index (χ2n) is 16.0. The standard InChI is InChI=1S/C45H85N2O6P/c1-6-8-10-12-14-16-17-18-19-20-21-22-23-24-25-26-27-28-29-31-33-35-37-39-45(49)46-43(42-53-54(50,51)52-41-40-47(3,4)5)44(48)38-36-34-32-30-15-13-11-9-7-2/h15,21-22,24-25,30,36,38,43-44,48H,6-14,16-20,23,26-29,31-35,37,39-42H2,1-5H3,(H-,46,49,50,51)/b22-21-,25-24-,30-15+,38-36+. The number of amides is 1. The normalized spacial score (nSPS) is 14.9. The highest BCUT2D eigenvalue weighted by Crippen LogP contribution is 2.38. The lowest BCUT2D eigenvalue weighted by Gasteiger charge is -2.29. The van der Waals surface area contributed by atoms with Crippen LogP contribution in [0.3, 0.4) is 0 Å².